The van der Waals surface area contributed by atoms with Gasteiger partial charge in [-0.3, -0.25) is 0 Å². The van der Waals surface area contributed by atoms with Crippen LogP contribution in [0.1, 0.15) is 54.8 Å². The van der Waals surface area contributed by atoms with E-state index in [1.54, 1.807) is 13.8 Å². The average Bonchev–Trinajstić information content (AvgIpc) is 3.20. The molecule has 1 aliphatic rings. The number of sulfonamides is 1. The molecule has 0 spiro atoms. The third-order valence-electron chi connectivity index (χ3n) is 6.09. The topological polar surface area (TPSA) is 135 Å². The zero-order valence-electron chi connectivity index (χ0n) is 18.9. The summed E-state index contributed by atoms with van der Waals surface area (Å²) < 4.78 is 55.2. The largest absolute Gasteiger partial charge is 0.492 e. The molecule has 35 heavy (non-hydrogen) atoms. The number of rotatable bonds is 6. The second-order valence-electron chi connectivity index (χ2n) is 8.53. The molecule has 3 atom stereocenters. The molecule has 4 rings (SSSR count). The van der Waals surface area contributed by atoms with Crippen molar-refractivity contribution in [3.8, 4) is 5.75 Å². The molecule has 0 radical (unpaired) electrons. The lowest BCUT2D eigenvalue weighted by Gasteiger charge is -2.33. The number of aromatic amines is 1. The van der Waals surface area contributed by atoms with E-state index in [-0.39, 0.29) is 50.7 Å². The molecule has 3 N–H and O–H groups in total. The van der Waals surface area contributed by atoms with E-state index in [0.717, 1.165) is 0 Å². The van der Waals surface area contributed by atoms with Crippen LogP contribution in [-0.4, -0.2) is 30.3 Å². The molecule has 0 aliphatic carbocycles. The number of hydrogen-bond donors (Lipinski definition) is 3. The predicted molar refractivity (Wildman–Crippen MR) is 126 cm³/mol. The van der Waals surface area contributed by atoms with Crippen LogP contribution in [0.25, 0.3) is 0 Å². The summed E-state index contributed by atoms with van der Waals surface area (Å²) in [4.78, 5) is 11.4. The van der Waals surface area contributed by atoms with Gasteiger partial charge in [0.15, 0.2) is 0 Å². The number of fused-ring (bicyclic) bond motifs is 1. The summed E-state index contributed by atoms with van der Waals surface area (Å²) >= 11 is 12.4. The van der Waals surface area contributed by atoms with Gasteiger partial charge in [0.1, 0.15) is 22.5 Å². The number of benzene rings is 2. The first-order valence-electron chi connectivity index (χ1n) is 10.5. The van der Waals surface area contributed by atoms with E-state index in [2.05, 4.69) is 14.9 Å². The molecule has 2 heterocycles. The van der Waals surface area contributed by atoms with Crippen molar-refractivity contribution in [1.82, 2.24) is 14.9 Å². The summed E-state index contributed by atoms with van der Waals surface area (Å²) in [6.07, 6.45) is 0.210. The summed E-state index contributed by atoms with van der Waals surface area (Å²) in [5.41, 5.74) is -0.766. The second-order valence-corrected chi connectivity index (χ2v) is 11.0. The fourth-order valence-electron chi connectivity index (χ4n) is 4.24. The summed E-state index contributed by atoms with van der Waals surface area (Å²) in [5, 5.41) is 17.1. The number of H-pyrrole nitrogens is 1. The average molecular weight is 546 g/mol. The Bertz CT molecular complexity index is 1450. The number of aromatic nitrogens is 2. The van der Waals surface area contributed by atoms with Gasteiger partial charge in [0.05, 0.1) is 17.2 Å². The minimum absolute atomic E-state index is 0.0594. The number of aliphatic hydroxyl groups is 1. The first-order chi connectivity index (χ1) is 16.3. The predicted octanol–water partition coefficient (Wildman–Crippen LogP) is 3.93. The molecule has 0 fully saturated rings. The van der Waals surface area contributed by atoms with Crippen molar-refractivity contribution in [3.05, 3.63) is 73.3 Å². The molecule has 188 valence electrons. The first-order valence-corrected chi connectivity index (χ1v) is 12.8. The van der Waals surface area contributed by atoms with Gasteiger partial charge in [0, 0.05) is 22.9 Å². The highest BCUT2D eigenvalue weighted by Gasteiger charge is 2.39. The van der Waals surface area contributed by atoms with E-state index in [1.165, 1.54) is 31.2 Å². The lowest BCUT2D eigenvalue weighted by Crippen LogP contribution is -2.35. The standard InChI is InChI=1S/C22H22Cl2FN3O6S/c1-10-12(23)4-6-14(25)16(10)11(2)18(20-26-27-21(29)34-20)28-35(31,32)15-7-5-13(24)17-19(15)33-9-8-22(17,3)30/h4-7,11,18,28,30H,8-9H2,1-3H3,(H,27,29). The molecule has 3 unspecified atom stereocenters. The quantitative estimate of drug-likeness (QED) is 0.427. The highest BCUT2D eigenvalue weighted by atomic mass is 35.5. The summed E-state index contributed by atoms with van der Waals surface area (Å²) in [7, 11) is -4.41. The minimum atomic E-state index is -4.41. The smallest absolute Gasteiger partial charge is 0.434 e. The summed E-state index contributed by atoms with van der Waals surface area (Å²) in [6.45, 7) is 4.71. The van der Waals surface area contributed by atoms with Gasteiger partial charge in [0.25, 0.3) is 0 Å². The summed E-state index contributed by atoms with van der Waals surface area (Å²) in [5.74, 6) is -2.85. The van der Waals surface area contributed by atoms with Crippen molar-refractivity contribution < 1.29 is 27.1 Å². The molecule has 0 saturated carbocycles. The van der Waals surface area contributed by atoms with Crippen molar-refractivity contribution in [3.63, 3.8) is 0 Å². The molecule has 0 amide bonds. The van der Waals surface area contributed by atoms with Crippen LogP contribution in [-0.2, 0) is 15.6 Å². The van der Waals surface area contributed by atoms with E-state index in [1.807, 2.05) is 0 Å². The van der Waals surface area contributed by atoms with Crippen LogP contribution < -0.4 is 15.2 Å². The Morgan fingerprint density at radius 2 is 1.94 bits per heavy atom. The van der Waals surface area contributed by atoms with E-state index in [9.17, 15) is 22.7 Å². The minimum Gasteiger partial charge on any atom is -0.492 e. The Labute approximate surface area is 210 Å². The van der Waals surface area contributed by atoms with Crippen LogP contribution in [0.5, 0.6) is 5.75 Å². The van der Waals surface area contributed by atoms with Crippen molar-refractivity contribution in [2.24, 2.45) is 0 Å². The van der Waals surface area contributed by atoms with Gasteiger partial charge in [-0.1, -0.05) is 30.1 Å². The Balaban J connectivity index is 1.84. The highest BCUT2D eigenvalue weighted by Crippen LogP contribution is 2.45. The molecule has 0 saturated heterocycles. The maximum atomic E-state index is 14.9. The van der Waals surface area contributed by atoms with Crippen LogP contribution in [0.2, 0.25) is 10.0 Å². The van der Waals surface area contributed by atoms with Crippen LogP contribution in [0.3, 0.4) is 0 Å². The maximum Gasteiger partial charge on any atom is 0.434 e. The van der Waals surface area contributed by atoms with Gasteiger partial charge in [-0.15, -0.1) is 5.10 Å². The molecule has 0 bridgehead atoms. The van der Waals surface area contributed by atoms with E-state index in [0.29, 0.717) is 5.56 Å². The van der Waals surface area contributed by atoms with E-state index in [4.69, 9.17) is 32.4 Å². The monoisotopic (exact) mass is 545 g/mol. The maximum absolute atomic E-state index is 14.9. The second kappa shape index (κ2) is 9.21. The number of nitrogens with one attached hydrogen (secondary N) is 2. The van der Waals surface area contributed by atoms with Crippen molar-refractivity contribution >= 4 is 33.2 Å². The zero-order valence-corrected chi connectivity index (χ0v) is 21.2. The number of halogens is 3. The molecular weight excluding hydrogens is 524 g/mol. The lowest BCUT2D eigenvalue weighted by atomic mass is 9.90. The fourth-order valence-corrected chi connectivity index (χ4v) is 6.17. The van der Waals surface area contributed by atoms with Gasteiger partial charge in [0.2, 0.25) is 15.9 Å². The Kier molecular flexibility index (Phi) is 6.75. The van der Waals surface area contributed by atoms with E-state index < -0.39 is 39.2 Å². The first kappa shape index (κ1) is 25.6. The van der Waals surface area contributed by atoms with Crippen molar-refractivity contribution in [2.75, 3.05) is 6.61 Å². The van der Waals surface area contributed by atoms with E-state index >= 15 is 0 Å². The lowest BCUT2D eigenvalue weighted by molar-refractivity contribution is 0.0135. The SMILES string of the molecule is Cc1c(Cl)ccc(F)c1C(C)C(NS(=O)(=O)c1ccc(Cl)c2c1OCCC2(C)O)c1n[nH]c(=O)o1. The van der Waals surface area contributed by atoms with Crippen LogP contribution >= 0.6 is 23.2 Å². The normalized spacial score (nSPS) is 19.6. The molecular formula is C22H22Cl2FN3O6S. The van der Waals surface area contributed by atoms with Crippen LogP contribution in [0.4, 0.5) is 4.39 Å². The van der Waals surface area contributed by atoms with Crippen LogP contribution in [0.15, 0.2) is 38.4 Å². The van der Waals surface area contributed by atoms with Crippen molar-refractivity contribution in [2.45, 2.75) is 49.6 Å². The fraction of sp³-hybridized carbons (Fsp3) is 0.364. The zero-order chi connectivity index (χ0) is 25.7. The summed E-state index contributed by atoms with van der Waals surface area (Å²) in [6, 6.07) is 3.81. The van der Waals surface area contributed by atoms with Gasteiger partial charge >= 0.3 is 5.76 Å². The number of nitrogens with zero attached hydrogens (tertiary/aromatic N) is 1. The van der Waals surface area contributed by atoms with Gasteiger partial charge in [-0.2, -0.15) is 4.72 Å². The van der Waals surface area contributed by atoms with Crippen LogP contribution in [0, 0.1) is 12.7 Å². The third kappa shape index (κ3) is 4.70. The molecule has 9 nitrogen and oxygen atoms in total. The Morgan fingerprint density at radius 3 is 2.60 bits per heavy atom. The number of hydrogen-bond acceptors (Lipinski definition) is 7. The molecule has 2 aromatic carbocycles. The highest BCUT2D eigenvalue weighted by molar-refractivity contribution is 7.89. The number of ether oxygens (including phenoxy) is 1. The molecule has 1 aliphatic heterocycles. The van der Waals surface area contributed by atoms with Crippen molar-refractivity contribution in [1.29, 1.82) is 0 Å². The van der Waals surface area contributed by atoms with Gasteiger partial charge < -0.3 is 14.3 Å². The third-order valence-corrected chi connectivity index (χ3v) is 8.28. The Morgan fingerprint density at radius 1 is 1.26 bits per heavy atom. The van der Waals surface area contributed by atoms with Gasteiger partial charge in [-0.05, 0) is 49.2 Å². The molecule has 3 aromatic rings. The molecule has 1 aromatic heterocycles. The Hall–Kier alpha value is -2.44. The molecule has 13 heteroatoms. The van der Waals surface area contributed by atoms with Gasteiger partial charge in [-0.25, -0.2) is 22.7 Å².